The zero-order chi connectivity index (χ0) is 10.2. The Kier molecular flexibility index (Phi) is 2.64. The van der Waals surface area contributed by atoms with E-state index in [4.69, 9.17) is 0 Å². The van der Waals surface area contributed by atoms with Crippen LogP contribution in [0.1, 0.15) is 23.6 Å². The molecule has 13 heavy (non-hydrogen) atoms. The van der Waals surface area contributed by atoms with Gasteiger partial charge in [0.15, 0.2) is 11.6 Å². The molecule has 0 spiro atoms. The minimum atomic E-state index is -1.08. The number of hydrogen-bond donors (Lipinski definition) is 0. The second-order valence-electron chi connectivity index (χ2n) is 3.02. The minimum absolute atomic E-state index is 0.0723. The lowest BCUT2D eigenvalue weighted by molar-refractivity contribution is 0.475. The van der Waals surface area contributed by atoms with Gasteiger partial charge in [0.25, 0.3) is 0 Å². The van der Waals surface area contributed by atoms with E-state index >= 15 is 0 Å². The summed E-state index contributed by atoms with van der Waals surface area (Å²) in [5.74, 6) is -2.64. The van der Waals surface area contributed by atoms with Crippen LogP contribution in [-0.2, 0) is 6.42 Å². The molecular weight excluding hydrogens is 177 g/mol. The van der Waals surface area contributed by atoms with Crippen molar-refractivity contribution in [1.82, 2.24) is 0 Å². The topological polar surface area (TPSA) is 0 Å². The molecule has 1 rings (SSSR count). The van der Waals surface area contributed by atoms with Gasteiger partial charge in [-0.05, 0) is 31.4 Å². The van der Waals surface area contributed by atoms with Crippen LogP contribution in [0.3, 0.4) is 0 Å². The molecule has 0 atom stereocenters. The Labute approximate surface area is 75.4 Å². The maximum absolute atomic E-state index is 13.3. The highest BCUT2D eigenvalue weighted by Gasteiger charge is 2.18. The second kappa shape index (κ2) is 3.40. The van der Waals surface area contributed by atoms with Crippen molar-refractivity contribution in [2.75, 3.05) is 0 Å². The molecule has 0 unspecified atom stereocenters. The smallest absolute Gasteiger partial charge is 0.164 e. The highest BCUT2D eigenvalue weighted by molar-refractivity contribution is 5.35. The monoisotopic (exact) mass is 188 g/mol. The number of halogens is 3. The van der Waals surface area contributed by atoms with Gasteiger partial charge in [-0.1, -0.05) is 6.92 Å². The van der Waals surface area contributed by atoms with Gasteiger partial charge in [0.2, 0.25) is 0 Å². The van der Waals surface area contributed by atoms with Gasteiger partial charge in [-0.2, -0.15) is 0 Å². The molecule has 0 fully saturated rings. The van der Waals surface area contributed by atoms with Gasteiger partial charge in [-0.25, -0.2) is 13.2 Å². The molecule has 1 aromatic rings. The molecule has 0 nitrogen and oxygen atoms in total. The van der Waals surface area contributed by atoms with E-state index in [1.165, 1.54) is 13.8 Å². The Morgan fingerprint density at radius 1 is 0.846 bits per heavy atom. The van der Waals surface area contributed by atoms with Crippen LogP contribution in [0.25, 0.3) is 0 Å². The third-order valence-corrected chi connectivity index (χ3v) is 2.25. The van der Waals surface area contributed by atoms with Crippen LogP contribution in [0, 0.1) is 31.3 Å². The summed E-state index contributed by atoms with van der Waals surface area (Å²) in [6, 6.07) is 0. The third-order valence-electron chi connectivity index (χ3n) is 2.25. The normalized spacial score (nSPS) is 10.6. The summed E-state index contributed by atoms with van der Waals surface area (Å²) in [6.07, 6.45) is 0.371. The Hall–Kier alpha value is -0.990. The fourth-order valence-corrected chi connectivity index (χ4v) is 1.37. The first-order valence-electron chi connectivity index (χ1n) is 4.13. The molecule has 0 amide bonds. The Bertz CT molecular complexity index is 314. The van der Waals surface area contributed by atoms with Crippen molar-refractivity contribution < 1.29 is 13.2 Å². The summed E-state index contributed by atoms with van der Waals surface area (Å²) < 4.78 is 39.3. The lowest BCUT2D eigenvalue weighted by atomic mass is 10.0. The number of benzene rings is 1. The average Bonchev–Trinajstić information content (AvgIpc) is 2.13. The molecule has 1 aromatic carbocycles. The van der Waals surface area contributed by atoms with Gasteiger partial charge in [0, 0.05) is 5.56 Å². The van der Waals surface area contributed by atoms with Gasteiger partial charge in [0.1, 0.15) is 5.82 Å². The van der Waals surface area contributed by atoms with Crippen LogP contribution in [0.2, 0.25) is 0 Å². The fraction of sp³-hybridized carbons (Fsp3) is 0.400. The predicted molar refractivity (Wildman–Crippen MR) is 45.2 cm³/mol. The standard InChI is InChI=1S/C10H11F3/c1-4-7-5(2)9(12)10(13)6(3)8(7)11/h4H2,1-3H3. The van der Waals surface area contributed by atoms with E-state index in [0.717, 1.165) is 0 Å². The zero-order valence-electron chi connectivity index (χ0n) is 7.84. The molecule has 0 saturated carbocycles. The largest absolute Gasteiger partial charge is 0.206 e. The molecule has 0 aliphatic rings. The molecule has 0 N–H and O–H groups in total. The number of rotatable bonds is 1. The van der Waals surface area contributed by atoms with Crippen LogP contribution in [0.5, 0.6) is 0 Å². The first-order chi connectivity index (χ1) is 6.00. The van der Waals surface area contributed by atoms with Gasteiger partial charge in [-0.15, -0.1) is 0 Å². The molecule has 0 aromatic heterocycles. The van der Waals surface area contributed by atoms with Gasteiger partial charge in [-0.3, -0.25) is 0 Å². The molecule has 3 heteroatoms. The Balaban J connectivity index is 3.56. The van der Waals surface area contributed by atoms with Crippen LogP contribution < -0.4 is 0 Å². The van der Waals surface area contributed by atoms with Gasteiger partial charge >= 0.3 is 0 Å². The van der Waals surface area contributed by atoms with Crippen molar-refractivity contribution in [3.63, 3.8) is 0 Å². The van der Waals surface area contributed by atoms with E-state index in [1.807, 2.05) is 0 Å². The summed E-state index contributed by atoms with van der Waals surface area (Å²) in [6.45, 7) is 4.34. The van der Waals surface area contributed by atoms with Crippen LogP contribution in [0.15, 0.2) is 0 Å². The van der Waals surface area contributed by atoms with Crippen LogP contribution >= 0.6 is 0 Å². The summed E-state index contributed by atoms with van der Waals surface area (Å²) in [5, 5.41) is 0. The van der Waals surface area contributed by atoms with Gasteiger partial charge < -0.3 is 0 Å². The van der Waals surface area contributed by atoms with E-state index in [-0.39, 0.29) is 16.7 Å². The van der Waals surface area contributed by atoms with Crippen molar-refractivity contribution in [3.8, 4) is 0 Å². The maximum Gasteiger partial charge on any atom is 0.164 e. The molecular formula is C10H11F3. The molecule has 0 heterocycles. The van der Waals surface area contributed by atoms with E-state index in [9.17, 15) is 13.2 Å². The first kappa shape index (κ1) is 10.1. The van der Waals surface area contributed by atoms with E-state index in [0.29, 0.717) is 6.42 Å². The van der Waals surface area contributed by atoms with E-state index in [1.54, 1.807) is 6.92 Å². The molecule has 72 valence electrons. The SMILES string of the molecule is CCc1c(C)c(F)c(F)c(C)c1F. The van der Waals surface area contributed by atoms with Crippen molar-refractivity contribution in [2.45, 2.75) is 27.2 Å². The lowest BCUT2D eigenvalue weighted by Gasteiger charge is -2.09. The van der Waals surface area contributed by atoms with Crippen molar-refractivity contribution in [3.05, 3.63) is 34.1 Å². The molecule has 0 aliphatic carbocycles. The second-order valence-corrected chi connectivity index (χ2v) is 3.02. The third kappa shape index (κ3) is 1.43. The summed E-state index contributed by atoms with van der Waals surface area (Å²) in [5.41, 5.74) is 0.0967. The first-order valence-corrected chi connectivity index (χ1v) is 4.13. The van der Waals surface area contributed by atoms with Crippen LogP contribution in [0.4, 0.5) is 13.2 Å². The quantitative estimate of drug-likeness (QED) is 0.593. The van der Waals surface area contributed by atoms with Crippen molar-refractivity contribution in [1.29, 1.82) is 0 Å². The van der Waals surface area contributed by atoms with Crippen molar-refractivity contribution >= 4 is 0 Å². The number of hydrogen-bond acceptors (Lipinski definition) is 0. The molecule has 0 saturated heterocycles. The minimum Gasteiger partial charge on any atom is -0.206 e. The Morgan fingerprint density at radius 2 is 1.31 bits per heavy atom. The lowest BCUT2D eigenvalue weighted by Crippen LogP contribution is -2.04. The Morgan fingerprint density at radius 3 is 1.77 bits per heavy atom. The summed E-state index contributed by atoms with van der Waals surface area (Å²) in [4.78, 5) is 0. The van der Waals surface area contributed by atoms with Gasteiger partial charge in [0.05, 0.1) is 0 Å². The highest BCUT2D eigenvalue weighted by atomic mass is 19.2. The predicted octanol–water partition coefficient (Wildman–Crippen LogP) is 3.28. The molecule has 0 bridgehead atoms. The molecule has 0 radical (unpaired) electrons. The van der Waals surface area contributed by atoms with E-state index < -0.39 is 17.5 Å². The van der Waals surface area contributed by atoms with Crippen LogP contribution in [-0.4, -0.2) is 0 Å². The maximum atomic E-state index is 13.3. The summed E-state index contributed by atoms with van der Waals surface area (Å²) >= 11 is 0. The highest BCUT2D eigenvalue weighted by Crippen LogP contribution is 2.24. The summed E-state index contributed by atoms with van der Waals surface area (Å²) in [7, 11) is 0. The molecule has 0 aliphatic heterocycles. The van der Waals surface area contributed by atoms with E-state index in [2.05, 4.69) is 0 Å². The fourth-order valence-electron chi connectivity index (χ4n) is 1.37. The van der Waals surface area contributed by atoms with Crippen molar-refractivity contribution in [2.24, 2.45) is 0 Å². The average molecular weight is 188 g/mol. The zero-order valence-corrected chi connectivity index (χ0v) is 7.84.